The molecular weight excluding hydrogens is 284 g/mol. The minimum atomic E-state index is 0. The van der Waals surface area contributed by atoms with E-state index in [0.717, 1.165) is 26.3 Å². The second-order valence-electron chi connectivity index (χ2n) is 5.97. The lowest BCUT2D eigenvalue weighted by molar-refractivity contribution is 0.123. The van der Waals surface area contributed by atoms with Crippen molar-refractivity contribution in [1.82, 2.24) is 4.40 Å². The van der Waals surface area contributed by atoms with Crippen LogP contribution >= 0.6 is 12.4 Å². The number of aromatic nitrogens is 1. The second-order valence-corrected chi connectivity index (χ2v) is 5.97. The van der Waals surface area contributed by atoms with Crippen LogP contribution in [-0.2, 0) is 17.6 Å². The van der Waals surface area contributed by atoms with Gasteiger partial charge in [0.25, 0.3) is 0 Å². The molecule has 2 aromatic rings. The molecule has 0 radical (unpaired) electrons. The first-order chi connectivity index (χ1) is 9.86. The van der Waals surface area contributed by atoms with Crippen LogP contribution in [0, 0.1) is 6.92 Å². The molecule has 2 aliphatic rings. The van der Waals surface area contributed by atoms with Crippen molar-refractivity contribution in [3.05, 3.63) is 35.2 Å². The van der Waals surface area contributed by atoms with E-state index in [9.17, 15) is 0 Å². The molecular formula is C17H23ClN2O. The zero-order chi connectivity index (χ0) is 13.5. The molecule has 114 valence electrons. The Bertz CT molecular complexity index is 644. The Balaban J connectivity index is 0.00000132. The van der Waals surface area contributed by atoms with Crippen LogP contribution in [-0.4, -0.2) is 30.7 Å². The van der Waals surface area contributed by atoms with E-state index in [-0.39, 0.29) is 12.4 Å². The van der Waals surface area contributed by atoms with Gasteiger partial charge in [-0.2, -0.15) is 0 Å². The predicted molar refractivity (Wildman–Crippen MR) is 89.1 cm³/mol. The van der Waals surface area contributed by atoms with Crippen molar-refractivity contribution in [1.29, 1.82) is 0 Å². The van der Waals surface area contributed by atoms with Gasteiger partial charge in [0.05, 0.1) is 24.4 Å². The topological polar surface area (TPSA) is 16.9 Å². The lowest BCUT2D eigenvalue weighted by Gasteiger charge is -2.29. The van der Waals surface area contributed by atoms with Gasteiger partial charge in [0.15, 0.2) is 0 Å². The summed E-state index contributed by atoms with van der Waals surface area (Å²) in [5.74, 6) is 0. The zero-order valence-electron chi connectivity index (χ0n) is 12.6. The summed E-state index contributed by atoms with van der Waals surface area (Å²) < 4.78 is 7.95. The fourth-order valence-electron chi connectivity index (χ4n) is 3.86. The summed E-state index contributed by atoms with van der Waals surface area (Å²) in [6.07, 6.45) is 7.41. The number of pyridine rings is 1. The number of fused-ring (bicyclic) bond motifs is 3. The Hall–Kier alpha value is -1.19. The van der Waals surface area contributed by atoms with Crippen LogP contribution in [0.5, 0.6) is 0 Å². The summed E-state index contributed by atoms with van der Waals surface area (Å²) in [6, 6.07) is 4.48. The standard InChI is InChI=1S/C17H22N2O.ClH/c1-13-14-5-2-3-6-15(14)19-8-4-7-16(17(13)19)18-9-11-20-12-10-18;/h4,7-8H,2-3,5-6,9-12H2,1H3;1H. The van der Waals surface area contributed by atoms with Crippen LogP contribution < -0.4 is 4.90 Å². The molecule has 4 heteroatoms. The van der Waals surface area contributed by atoms with Crippen LogP contribution in [0.1, 0.15) is 29.7 Å². The molecule has 3 nitrogen and oxygen atoms in total. The highest BCUT2D eigenvalue weighted by molar-refractivity contribution is 5.85. The van der Waals surface area contributed by atoms with Gasteiger partial charge in [-0.15, -0.1) is 12.4 Å². The Morgan fingerprint density at radius 1 is 1.10 bits per heavy atom. The smallest absolute Gasteiger partial charge is 0.0720 e. The highest BCUT2D eigenvalue weighted by Crippen LogP contribution is 2.34. The molecule has 2 aromatic heterocycles. The molecule has 0 bridgehead atoms. The molecule has 0 atom stereocenters. The highest BCUT2D eigenvalue weighted by atomic mass is 35.5. The molecule has 0 unspecified atom stereocenters. The van der Waals surface area contributed by atoms with Gasteiger partial charge in [0.1, 0.15) is 0 Å². The van der Waals surface area contributed by atoms with Gasteiger partial charge in [-0.25, -0.2) is 0 Å². The number of halogens is 1. The van der Waals surface area contributed by atoms with Crippen molar-refractivity contribution in [2.45, 2.75) is 32.6 Å². The zero-order valence-corrected chi connectivity index (χ0v) is 13.4. The lowest BCUT2D eigenvalue weighted by Crippen LogP contribution is -2.36. The maximum atomic E-state index is 5.50. The van der Waals surface area contributed by atoms with E-state index < -0.39 is 0 Å². The van der Waals surface area contributed by atoms with Crippen molar-refractivity contribution in [3.8, 4) is 0 Å². The maximum absolute atomic E-state index is 5.50. The molecule has 1 saturated heterocycles. The average Bonchev–Trinajstić information content (AvgIpc) is 2.82. The Labute approximate surface area is 132 Å². The lowest BCUT2D eigenvalue weighted by atomic mass is 9.95. The third-order valence-corrected chi connectivity index (χ3v) is 4.86. The fourth-order valence-corrected chi connectivity index (χ4v) is 3.86. The van der Waals surface area contributed by atoms with Crippen molar-refractivity contribution in [3.63, 3.8) is 0 Å². The predicted octanol–water partition coefficient (Wildman–Crippen LogP) is 3.38. The van der Waals surface area contributed by atoms with Crippen molar-refractivity contribution in [2.75, 3.05) is 31.2 Å². The molecule has 0 spiro atoms. The van der Waals surface area contributed by atoms with Crippen LogP contribution in [0.15, 0.2) is 18.3 Å². The number of hydrogen-bond acceptors (Lipinski definition) is 2. The number of morpholine rings is 1. The first-order valence-corrected chi connectivity index (χ1v) is 7.80. The minimum Gasteiger partial charge on any atom is -0.378 e. The first kappa shape index (κ1) is 14.7. The summed E-state index contributed by atoms with van der Waals surface area (Å²) >= 11 is 0. The monoisotopic (exact) mass is 306 g/mol. The Morgan fingerprint density at radius 3 is 2.67 bits per heavy atom. The maximum Gasteiger partial charge on any atom is 0.0720 e. The van der Waals surface area contributed by atoms with Crippen LogP contribution in [0.25, 0.3) is 5.52 Å². The third-order valence-electron chi connectivity index (χ3n) is 4.86. The summed E-state index contributed by atoms with van der Waals surface area (Å²) in [4.78, 5) is 2.48. The molecule has 1 fully saturated rings. The molecule has 4 rings (SSSR count). The Kier molecular flexibility index (Phi) is 4.14. The average molecular weight is 307 g/mol. The fraction of sp³-hybridized carbons (Fsp3) is 0.529. The van der Waals surface area contributed by atoms with E-state index in [4.69, 9.17) is 4.74 Å². The quantitative estimate of drug-likeness (QED) is 0.803. The molecule has 21 heavy (non-hydrogen) atoms. The van der Waals surface area contributed by atoms with E-state index in [2.05, 4.69) is 34.6 Å². The number of aryl methyl sites for hydroxylation is 2. The third kappa shape index (κ3) is 2.33. The van der Waals surface area contributed by atoms with Crippen LogP contribution in [0.3, 0.4) is 0 Å². The van der Waals surface area contributed by atoms with Gasteiger partial charge < -0.3 is 14.0 Å². The van der Waals surface area contributed by atoms with Gasteiger partial charge in [0.2, 0.25) is 0 Å². The number of hydrogen-bond donors (Lipinski definition) is 0. The van der Waals surface area contributed by atoms with Gasteiger partial charge >= 0.3 is 0 Å². The van der Waals surface area contributed by atoms with Crippen LogP contribution in [0.4, 0.5) is 5.69 Å². The number of anilines is 1. The first-order valence-electron chi connectivity index (χ1n) is 7.80. The highest BCUT2D eigenvalue weighted by Gasteiger charge is 2.22. The van der Waals surface area contributed by atoms with Gasteiger partial charge in [0, 0.05) is 25.0 Å². The number of rotatable bonds is 1. The van der Waals surface area contributed by atoms with Crippen molar-refractivity contribution in [2.24, 2.45) is 0 Å². The van der Waals surface area contributed by atoms with E-state index in [0.29, 0.717) is 0 Å². The van der Waals surface area contributed by atoms with Crippen molar-refractivity contribution >= 4 is 23.6 Å². The largest absolute Gasteiger partial charge is 0.378 e. The van der Waals surface area contributed by atoms with Gasteiger partial charge in [-0.1, -0.05) is 0 Å². The van der Waals surface area contributed by atoms with Gasteiger partial charge in [-0.05, 0) is 55.9 Å². The molecule has 0 N–H and O–H groups in total. The summed E-state index contributed by atoms with van der Waals surface area (Å²) in [5, 5.41) is 0. The molecule has 0 amide bonds. The molecule has 1 aliphatic heterocycles. The second kappa shape index (κ2) is 5.90. The number of ether oxygens (including phenoxy) is 1. The van der Waals surface area contributed by atoms with E-state index >= 15 is 0 Å². The van der Waals surface area contributed by atoms with E-state index in [1.165, 1.54) is 42.5 Å². The molecule has 0 aromatic carbocycles. The summed E-state index contributed by atoms with van der Waals surface area (Å²) in [6.45, 7) is 6.02. The normalized spacial score (nSPS) is 18.4. The van der Waals surface area contributed by atoms with E-state index in [1.807, 2.05) is 0 Å². The summed E-state index contributed by atoms with van der Waals surface area (Å²) in [5.41, 5.74) is 7.49. The van der Waals surface area contributed by atoms with Crippen LogP contribution in [0.2, 0.25) is 0 Å². The SMILES string of the molecule is Cc1c2c(n3cccc(N4CCOCC4)c13)CCCC2.Cl. The Morgan fingerprint density at radius 2 is 1.86 bits per heavy atom. The van der Waals surface area contributed by atoms with E-state index in [1.54, 1.807) is 11.3 Å². The molecule has 1 aliphatic carbocycles. The van der Waals surface area contributed by atoms with Crippen molar-refractivity contribution < 1.29 is 4.74 Å². The summed E-state index contributed by atoms with van der Waals surface area (Å²) in [7, 11) is 0. The minimum absolute atomic E-state index is 0. The molecule has 3 heterocycles. The number of nitrogens with zero attached hydrogens (tertiary/aromatic N) is 2. The molecule has 0 saturated carbocycles. The van der Waals surface area contributed by atoms with Gasteiger partial charge in [-0.3, -0.25) is 0 Å².